The summed E-state index contributed by atoms with van der Waals surface area (Å²) in [5, 5.41) is 0.685. The van der Waals surface area contributed by atoms with E-state index in [-0.39, 0.29) is 30.0 Å². The second-order valence-electron chi connectivity index (χ2n) is 9.40. The van der Waals surface area contributed by atoms with Crippen LogP contribution in [0.1, 0.15) is 36.9 Å². The molecule has 5 rings (SSSR count). The summed E-state index contributed by atoms with van der Waals surface area (Å²) in [6.07, 6.45) is 3.36. The number of carbonyl (C=O) groups excluding carboxylic acids is 1. The molecule has 1 aromatic heterocycles. The molecule has 184 valence electrons. The zero-order valence-electron chi connectivity index (χ0n) is 20.1. The van der Waals surface area contributed by atoms with Crippen LogP contribution in [0.2, 0.25) is 0 Å². The third kappa shape index (κ3) is 5.35. The Bertz CT molecular complexity index is 1240. The monoisotopic (exact) mass is 476 g/mol. The number of piperidine rings is 1. The Morgan fingerprint density at radius 3 is 2.57 bits per heavy atom. The predicted octanol–water partition coefficient (Wildman–Crippen LogP) is 4.21. The van der Waals surface area contributed by atoms with Gasteiger partial charge in [-0.3, -0.25) is 9.59 Å². The molecule has 3 aromatic rings. The van der Waals surface area contributed by atoms with Gasteiger partial charge in [0.25, 0.3) is 0 Å². The number of nitrogens with one attached hydrogen (secondary N) is 1. The molecule has 0 aliphatic carbocycles. The molecule has 0 unspecified atom stereocenters. The number of benzene rings is 2. The van der Waals surface area contributed by atoms with Gasteiger partial charge in [-0.2, -0.15) is 0 Å². The Morgan fingerprint density at radius 1 is 1.03 bits per heavy atom. The normalized spacial score (nSPS) is 17.5. The number of pyridine rings is 1. The molecule has 0 radical (unpaired) electrons. The number of para-hydroxylation sites is 1. The highest BCUT2D eigenvalue weighted by molar-refractivity contribution is 5.79. The van der Waals surface area contributed by atoms with Crippen molar-refractivity contribution >= 4 is 16.8 Å². The van der Waals surface area contributed by atoms with Crippen molar-refractivity contribution < 1.29 is 19.0 Å². The molecule has 0 bridgehead atoms. The van der Waals surface area contributed by atoms with Crippen LogP contribution in [-0.2, 0) is 16.1 Å². The van der Waals surface area contributed by atoms with Gasteiger partial charge in [-0.05, 0) is 44.0 Å². The third-order valence-electron chi connectivity index (χ3n) is 7.07. The zero-order valence-corrected chi connectivity index (χ0v) is 20.1. The topological polar surface area (TPSA) is 80.9 Å². The van der Waals surface area contributed by atoms with Crippen LogP contribution in [0.4, 0.5) is 0 Å². The van der Waals surface area contributed by atoms with Gasteiger partial charge in [0.05, 0.1) is 5.69 Å². The first-order valence-corrected chi connectivity index (χ1v) is 12.4. The van der Waals surface area contributed by atoms with Crippen LogP contribution in [0.5, 0.6) is 11.5 Å². The van der Waals surface area contributed by atoms with Crippen molar-refractivity contribution in [3.8, 4) is 11.5 Å². The lowest BCUT2D eigenvalue weighted by Gasteiger charge is -2.35. The molecule has 7 heteroatoms. The SMILES string of the molecule is Cc1c(COc2cccc(OC3CCN(C(=O)C4CCOCC4)CC3)c2)[nH]c2ccccc2c1=O. The summed E-state index contributed by atoms with van der Waals surface area (Å²) < 4.78 is 17.6. The van der Waals surface area contributed by atoms with Gasteiger partial charge in [0.2, 0.25) is 5.91 Å². The minimum atomic E-state index is 0.0247. The standard InChI is InChI=1S/C28H32N2O5/c1-19-26(29-25-8-3-2-7-24(25)27(19)31)18-34-22-5-4-6-23(17-22)35-21-9-13-30(14-10-21)28(32)20-11-15-33-16-12-20/h2-8,17,20-21H,9-16,18H2,1H3,(H,29,31). The Labute approximate surface area is 205 Å². The largest absolute Gasteiger partial charge is 0.490 e. The molecule has 1 N–H and O–H groups in total. The number of amides is 1. The van der Waals surface area contributed by atoms with E-state index < -0.39 is 0 Å². The fraction of sp³-hybridized carbons (Fsp3) is 0.429. The Morgan fingerprint density at radius 2 is 1.77 bits per heavy atom. The lowest BCUT2D eigenvalue weighted by molar-refractivity contribution is -0.140. The number of hydrogen-bond acceptors (Lipinski definition) is 5. The molecule has 0 saturated carbocycles. The first-order valence-electron chi connectivity index (χ1n) is 12.4. The van der Waals surface area contributed by atoms with Crippen LogP contribution in [0.3, 0.4) is 0 Å². The molecular weight excluding hydrogens is 444 g/mol. The van der Waals surface area contributed by atoms with Crippen LogP contribution in [0.15, 0.2) is 53.3 Å². The summed E-state index contributed by atoms with van der Waals surface area (Å²) in [4.78, 5) is 30.7. The van der Waals surface area contributed by atoms with Crippen LogP contribution in [-0.4, -0.2) is 48.2 Å². The summed E-state index contributed by atoms with van der Waals surface area (Å²) in [6, 6.07) is 15.1. The summed E-state index contributed by atoms with van der Waals surface area (Å²) >= 11 is 0. The van der Waals surface area contributed by atoms with E-state index in [2.05, 4.69) is 4.98 Å². The van der Waals surface area contributed by atoms with Gasteiger partial charge in [0.15, 0.2) is 5.43 Å². The number of nitrogens with zero attached hydrogens (tertiary/aromatic N) is 1. The van der Waals surface area contributed by atoms with E-state index in [1.165, 1.54) is 0 Å². The third-order valence-corrected chi connectivity index (χ3v) is 7.07. The molecular formula is C28H32N2O5. The minimum absolute atomic E-state index is 0.0247. The maximum Gasteiger partial charge on any atom is 0.225 e. The van der Waals surface area contributed by atoms with Gasteiger partial charge < -0.3 is 24.1 Å². The summed E-state index contributed by atoms with van der Waals surface area (Å²) in [5.41, 5.74) is 2.26. The highest BCUT2D eigenvalue weighted by atomic mass is 16.5. The van der Waals surface area contributed by atoms with E-state index in [4.69, 9.17) is 14.2 Å². The molecule has 7 nitrogen and oxygen atoms in total. The van der Waals surface area contributed by atoms with Gasteiger partial charge in [-0.1, -0.05) is 18.2 Å². The maximum atomic E-state index is 12.8. The first kappa shape index (κ1) is 23.4. The molecule has 2 saturated heterocycles. The summed E-state index contributed by atoms with van der Waals surface area (Å²) in [6.45, 7) is 4.91. The van der Waals surface area contributed by atoms with E-state index in [0.29, 0.717) is 29.9 Å². The fourth-order valence-corrected chi connectivity index (χ4v) is 4.91. The number of hydrogen-bond donors (Lipinski definition) is 1. The molecule has 2 aliphatic rings. The van der Waals surface area contributed by atoms with Crippen molar-refractivity contribution in [1.29, 1.82) is 0 Å². The van der Waals surface area contributed by atoms with Crippen LogP contribution in [0, 0.1) is 12.8 Å². The smallest absolute Gasteiger partial charge is 0.225 e. The number of likely N-dealkylation sites (tertiary alicyclic amines) is 1. The van der Waals surface area contributed by atoms with Gasteiger partial charge in [-0.15, -0.1) is 0 Å². The molecule has 2 fully saturated rings. The van der Waals surface area contributed by atoms with Crippen molar-refractivity contribution in [3.63, 3.8) is 0 Å². The second-order valence-corrected chi connectivity index (χ2v) is 9.40. The minimum Gasteiger partial charge on any atom is -0.490 e. The molecule has 3 heterocycles. The van der Waals surface area contributed by atoms with Crippen LogP contribution in [0.25, 0.3) is 10.9 Å². The molecule has 35 heavy (non-hydrogen) atoms. The van der Waals surface area contributed by atoms with Gasteiger partial charge in [-0.25, -0.2) is 0 Å². The molecule has 0 spiro atoms. The quantitative estimate of drug-likeness (QED) is 0.576. The highest BCUT2D eigenvalue weighted by Gasteiger charge is 2.30. The van der Waals surface area contributed by atoms with E-state index in [1.807, 2.05) is 60.4 Å². The van der Waals surface area contributed by atoms with E-state index >= 15 is 0 Å². The number of aromatic amines is 1. The molecule has 1 amide bonds. The van der Waals surface area contributed by atoms with Crippen molar-refractivity contribution in [2.75, 3.05) is 26.3 Å². The molecule has 2 aliphatic heterocycles. The predicted molar refractivity (Wildman–Crippen MR) is 134 cm³/mol. The highest BCUT2D eigenvalue weighted by Crippen LogP contribution is 2.26. The van der Waals surface area contributed by atoms with Crippen molar-refractivity contribution in [3.05, 3.63) is 70.0 Å². The lowest BCUT2D eigenvalue weighted by Crippen LogP contribution is -2.45. The van der Waals surface area contributed by atoms with E-state index in [9.17, 15) is 9.59 Å². The first-order chi connectivity index (χ1) is 17.1. The average molecular weight is 477 g/mol. The molecule has 0 atom stereocenters. The number of rotatable bonds is 6. The van der Waals surface area contributed by atoms with E-state index in [1.54, 1.807) is 0 Å². The van der Waals surface area contributed by atoms with Crippen molar-refractivity contribution in [2.45, 2.75) is 45.3 Å². The summed E-state index contributed by atoms with van der Waals surface area (Å²) in [5.74, 6) is 1.81. The number of H-pyrrole nitrogens is 1. The summed E-state index contributed by atoms with van der Waals surface area (Å²) in [7, 11) is 0. The number of ether oxygens (including phenoxy) is 3. The lowest BCUT2D eigenvalue weighted by atomic mass is 9.97. The van der Waals surface area contributed by atoms with Crippen LogP contribution < -0.4 is 14.9 Å². The van der Waals surface area contributed by atoms with Crippen molar-refractivity contribution in [1.82, 2.24) is 9.88 Å². The maximum absolute atomic E-state index is 12.8. The van der Waals surface area contributed by atoms with Crippen LogP contribution >= 0.6 is 0 Å². The Kier molecular flexibility index (Phi) is 7.04. The second kappa shape index (κ2) is 10.5. The van der Waals surface area contributed by atoms with Gasteiger partial charge in [0, 0.05) is 67.6 Å². The number of aromatic nitrogens is 1. The molecule has 2 aromatic carbocycles. The van der Waals surface area contributed by atoms with Crippen molar-refractivity contribution in [2.24, 2.45) is 5.92 Å². The van der Waals surface area contributed by atoms with Gasteiger partial charge >= 0.3 is 0 Å². The average Bonchev–Trinajstić information content (AvgIpc) is 2.91. The fourth-order valence-electron chi connectivity index (χ4n) is 4.91. The van der Waals surface area contributed by atoms with E-state index in [0.717, 1.165) is 55.7 Å². The Balaban J connectivity index is 1.17. The Hall–Kier alpha value is -3.32. The van der Waals surface area contributed by atoms with Gasteiger partial charge in [0.1, 0.15) is 24.2 Å². The number of fused-ring (bicyclic) bond motifs is 1. The number of carbonyl (C=O) groups is 1. The zero-order chi connectivity index (χ0) is 24.2.